The van der Waals surface area contributed by atoms with Crippen molar-refractivity contribution in [1.82, 2.24) is 20.3 Å². The molecule has 2 atom stereocenters. The maximum Gasteiger partial charge on any atom is 0.245 e. The van der Waals surface area contributed by atoms with Gasteiger partial charge in [-0.05, 0) is 47.2 Å². The van der Waals surface area contributed by atoms with E-state index in [9.17, 15) is 23.1 Å². The lowest BCUT2D eigenvalue weighted by Crippen LogP contribution is -2.55. The third-order valence-electron chi connectivity index (χ3n) is 7.46. The van der Waals surface area contributed by atoms with Gasteiger partial charge in [0.15, 0.2) is 0 Å². The number of hydrogen-bond donors (Lipinski definition) is 4. The zero-order valence-electron chi connectivity index (χ0n) is 27.2. The Hall–Kier alpha value is -3.77. The van der Waals surface area contributed by atoms with Crippen molar-refractivity contribution in [3.8, 4) is 5.75 Å². The summed E-state index contributed by atoms with van der Waals surface area (Å²) >= 11 is 0. The molecule has 10 nitrogen and oxygen atoms in total. The van der Waals surface area contributed by atoms with Gasteiger partial charge in [-0.2, -0.15) is 4.31 Å². The van der Waals surface area contributed by atoms with Crippen LogP contribution in [0.2, 0.25) is 0 Å². The first-order valence-corrected chi connectivity index (χ1v) is 17.1. The maximum atomic E-state index is 14.0. The zero-order valence-corrected chi connectivity index (χ0v) is 28.1. The van der Waals surface area contributed by atoms with Crippen LogP contribution in [0.1, 0.15) is 44.7 Å². The number of benzene rings is 3. The minimum Gasteiger partial charge on any atom is -0.497 e. The third-order valence-corrected chi connectivity index (χ3v) is 9.40. The quantitative estimate of drug-likeness (QED) is 0.145. The van der Waals surface area contributed by atoms with Crippen LogP contribution in [0, 0.1) is 11.8 Å². The Morgan fingerprint density at radius 3 is 2.07 bits per heavy atom. The topological polar surface area (TPSA) is 137 Å². The van der Waals surface area contributed by atoms with Gasteiger partial charge in [-0.25, -0.2) is 8.42 Å². The first-order valence-electron chi connectivity index (χ1n) is 15.6. The van der Waals surface area contributed by atoms with Crippen LogP contribution in [0.3, 0.4) is 0 Å². The predicted molar refractivity (Wildman–Crippen MR) is 179 cm³/mol. The number of hydrogen-bond acceptors (Lipinski definition) is 7. The summed E-state index contributed by atoms with van der Waals surface area (Å²) in [7, 11) is -2.63. The van der Waals surface area contributed by atoms with Crippen molar-refractivity contribution < 1.29 is 27.9 Å². The van der Waals surface area contributed by atoms with E-state index in [0.29, 0.717) is 18.8 Å². The number of nitrogens with zero attached hydrogens (tertiary/aromatic N) is 1. The van der Waals surface area contributed by atoms with Crippen LogP contribution in [-0.4, -0.2) is 68.7 Å². The molecule has 0 spiro atoms. The SMILES string of the molecule is COc1ccc(S(=O)(=O)N(CC(C)C)C(O)(CCNC(=O)CC(C)CNC(=O)CNCc2ccccc2)Cc2ccccc2)cc1. The minimum atomic E-state index is -4.14. The molecule has 0 heterocycles. The largest absolute Gasteiger partial charge is 0.497 e. The average Bonchev–Trinajstić information content (AvgIpc) is 3.03. The molecule has 0 bridgehead atoms. The molecule has 3 rings (SSSR count). The van der Waals surface area contributed by atoms with Crippen LogP contribution in [0.15, 0.2) is 89.8 Å². The molecule has 11 heteroatoms. The lowest BCUT2D eigenvalue weighted by Gasteiger charge is -2.40. The molecule has 250 valence electrons. The molecule has 3 aromatic rings. The number of methoxy groups -OCH3 is 1. The molecule has 0 saturated carbocycles. The van der Waals surface area contributed by atoms with Crippen LogP contribution in [0.4, 0.5) is 0 Å². The summed E-state index contributed by atoms with van der Waals surface area (Å²) in [6.07, 6.45) is 0.162. The summed E-state index contributed by atoms with van der Waals surface area (Å²) in [4.78, 5) is 25.1. The highest BCUT2D eigenvalue weighted by Gasteiger charge is 2.43. The van der Waals surface area contributed by atoms with Crippen LogP contribution in [0.25, 0.3) is 0 Å². The zero-order chi connectivity index (χ0) is 33.6. The predicted octanol–water partition coefficient (Wildman–Crippen LogP) is 3.71. The summed E-state index contributed by atoms with van der Waals surface area (Å²) in [6.45, 7) is 6.86. The summed E-state index contributed by atoms with van der Waals surface area (Å²) in [6, 6.07) is 25.1. The summed E-state index contributed by atoms with van der Waals surface area (Å²) in [5, 5.41) is 21.0. The molecule has 2 amide bonds. The Kier molecular flexibility index (Phi) is 14.2. The number of carbonyl (C=O) groups excluding carboxylic acids is 2. The molecular weight excluding hydrogens is 604 g/mol. The van der Waals surface area contributed by atoms with Crippen LogP contribution < -0.4 is 20.7 Å². The number of carbonyl (C=O) groups is 2. The van der Waals surface area contributed by atoms with Gasteiger partial charge in [0.25, 0.3) is 0 Å². The van der Waals surface area contributed by atoms with Crippen molar-refractivity contribution in [1.29, 1.82) is 0 Å². The van der Waals surface area contributed by atoms with Crippen molar-refractivity contribution in [2.45, 2.75) is 57.2 Å². The van der Waals surface area contributed by atoms with E-state index in [4.69, 9.17) is 4.74 Å². The Bertz CT molecular complexity index is 1470. The number of aliphatic hydroxyl groups is 1. The van der Waals surface area contributed by atoms with E-state index in [1.54, 1.807) is 12.1 Å². The first-order chi connectivity index (χ1) is 21.9. The Labute approximate surface area is 273 Å². The summed E-state index contributed by atoms with van der Waals surface area (Å²) in [5.41, 5.74) is 0.0172. The molecule has 46 heavy (non-hydrogen) atoms. The molecule has 0 aliphatic rings. The smallest absolute Gasteiger partial charge is 0.245 e. The molecule has 0 aliphatic carbocycles. The minimum absolute atomic E-state index is 0.0338. The molecule has 0 aromatic heterocycles. The number of sulfonamides is 1. The first kappa shape index (κ1) is 36.7. The van der Waals surface area contributed by atoms with Gasteiger partial charge in [-0.1, -0.05) is 81.4 Å². The van der Waals surface area contributed by atoms with Gasteiger partial charge in [0, 0.05) is 45.4 Å². The second-order valence-electron chi connectivity index (χ2n) is 12.1. The summed E-state index contributed by atoms with van der Waals surface area (Å²) in [5.74, 6) is -0.106. The number of nitrogens with one attached hydrogen (secondary N) is 3. The molecule has 4 N–H and O–H groups in total. The van der Waals surface area contributed by atoms with Crippen molar-refractivity contribution in [3.05, 3.63) is 96.1 Å². The molecule has 0 aliphatic heterocycles. The van der Waals surface area contributed by atoms with E-state index in [0.717, 1.165) is 15.4 Å². The third kappa shape index (κ3) is 11.5. The van der Waals surface area contributed by atoms with Crippen molar-refractivity contribution in [2.24, 2.45) is 11.8 Å². The lowest BCUT2D eigenvalue weighted by molar-refractivity contribution is -0.124. The molecular formula is C35H48N4O6S. The standard InChI is InChI=1S/C35H48N4O6S/c1-27(2)26-39(46(43,44)32-17-15-31(45-4)16-18-32)35(42,22-29-11-7-5-8-12-29)19-20-37-33(40)21-28(3)23-38-34(41)25-36-24-30-13-9-6-10-14-30/h5-18,27-28,36,42H,19-26H2,1-4H3,(H,37,40)(H,38,41). The van der Waals surface area contributed by atoms with Gasteiger partial charge < -0.3 is 25.8 Å². The van der Waals surface area contributed by atoms with E-state index >= 15 is 0 Å². The van der Waals surface area contributed by atoms with E-state index in [-0.39, 0.29) is 67.4 Å². The van der Waals surface area contributed by atoms with Gasteiger partial charge in [0.2, 0.25) is 21.8 Å². The van der Waals surface area contributed by atoms with Gasteiger partial charge >= 0.3 is 0 Å². The van der Waals surface area contributed by atoms with E-state index in [1.807, 2.05) is 81.4 Å². The second kappa shape index (κ2) is 17.8. The van der Waals surface area contributed by atoms with Gasteiger partial charge in [-0.15, -0.1) is 0 Å². The van der Waals surface area contributed by atoms with E-state index in [2.05, 4.69) is 16.0 Å². The number of ether oxygens (including phenoxy) is 1. The highest BCUT2D eigenvalue weighted by Crippen LogP contribution is 2.31. The molecule has 3 aromatic carbocycles. The fourth-order valence-corrected chi connectivity index (χ4v) is 6.88. The Balaban J connectivity index is 1.62. The van der Waals surface area contributed by atoms with E-state index < -0.39 is 15.7 Å². The highest BCUT2D eigenvalue weighted by molar-refractivity contribution is 7.89. The molecule has 0 fully saturated rings. The van der Waals surface area contributed by atoms with E-state index in [1.165, 1.54) is 19.2 Å². The van der Waals surface area contributed by atoms with Gasteiger partial charge in [0.1, 0.15) is 11.5 Å². The molecule has 2 unspecified atom stereocenters. The van der Waals surface area contributed by atoms with Crippen molar-refractivity contribution >= 4 is 21.8 Å². The maximum absolute atomic E-state index is 14.0. The molecule has 0 saturated heterocycles. The fourth-order valence-electron chi connectivity index (χ4n) is 5.05. The Morgan fingerprint density at radius 1 is 0.870 bits per heavy atom. The fraction of sp³-hybridized carbons (Fsp3) is 0.429. The Morgan fingerprint density at radius 2 is 1.48 bits per heavy atom. The van der Waals surface area contributed by atoms with Crippen LogP contribution in [-0.2, 0) is 32.6 Å². The highest BCUT2D eigenvalue weighted by atomic mass is 32.2. The number of rotatable bonds is 19. The monoisotopic (exact) mass is 652 g/mol. The van der Waals surface area contributed by atoms with Gasteiger partial charge in [0.05, 0.1) is 18.6 Å². The van der Waals surface area contributed by atoms with Crippen LogP contribution >= 0.6 is 0 Å². The van der Waals surface area contributed by atoms with Crippen molar-refractivity contribution in [3.63, 3.8) is 0 Å². The lowest BCUT2D eigenvalue weighted by atomic mass is 9.98. The summed E-state index contributed by atoms with van der Waals surface area (Å²) < 4.78 is 34.4. The second-order valence-corrected chi connectivity index (χ2v) is 13.9. The average molecular weight is 653 g/mol. The normalized spacial score (nSPS) is 13.6. The van der Waals surface area contributed by atoms with Crippen molar-refractivity contribution in [2.75, 3.05) is 33.3 Å². The molecule has 0 radical (unpaired) electrons. The van der Waals surface area contributed by atoms with Crippen LogP contribution in [0.5, 0.6) is 5.75 Å². The number of amides is 2. The van der Waals surface area contributed by atoms with Gasteiger partial charge in [-0.3, -0.25) is 9.59 Å².